The van der Waals surface area contributed by atoms with Gasteiger partial charge in [-0.15, -0.1) is 0 Å². The third-order valence-electron chi connectivity index (χ3n) is 10.4. The minimum atomic E-state index is -0.297. The van der Waals surface area contributed by atoms with Gasteiger partial charge in [-0.05, 0) is 95.2 Å². The second kappa shape index (κ2) is 9.28. The van der Waals surface area contributed by atoms with E-state index in [1.165, 1.54) is 16.7 Å². The number of phenolic OH excluding ortho intramolecular Hbond substituents is 1. The number of hydrogen-bond acceptors (Lipinski definition) is 12. The summed E-state index contributed by atoms with van der Waals surface area (Å²) in [6, 6.07) is 8.32. The second-order valence-corrected chi connectivity index (χ2v) is 14.0. The molecule has 44 heavy (non-hydrogen) atoms. The number of rotatable bonds is 3. The quantitative estimate of drug-likeness (QED) is 0.169. The third kappa shape index (κ3) is 3.74. The summed E-state index contributed by atoms with van der Waals surface area (Å²) in [5.74, 6) is 3.36. The first-order valence-electron chi connectivity index (χ1n) is 15.1. The topological polar surface area (TPSA) is 144 Å². The predicted octanol–water partition coefficient (Wildman–Crippen LogP) is 3.80. The molecule has 8 rings (SSSR count). The second-order valence-electron chi connectivity index (χ2n) is 14.0. The van der Waals surface area contributed by atoms with Crippen molar-refractivity contribution < 1.29 is 19.3 Å². The number of fused-ring (bicyclic) bond motifs is 6. The highest BCUT2D eigenvalue weighted by atomic mass is 16.6. The van der Waals surface area contributed by atoms with Crippen LogP contribution in [-0.4, -0.2) is 12.2 Å². The molecular formula is C32H40N8O4. The van der Waals surface area contributed by atoms with Gasteiger partial charge in [-0.25, -0.2) is 21.7 Å². The number of nitrogens with one attached hydrogen (secondary N) is 8. The van der Waals surface area contributed by atoms with Crippen molar-refractivity contribution in [2.75, 3.05) is 7.11 Å². The van der Waals surface area contributed by atoms with Gasteiger partial charge in [-0.1, -0.05) is 27.7 Å². The number of hydrogen-bond donors (Lipinski definition) is 9. The Labute approximate surface area is 256 Å². The smallest absolute Gasteiger partial charge is 0.177 e. The van der Waals surface area contributed by atoms with Gasteiger partial charge in [0.2, 0.25) is 0 Å². The third-order valence-corrected chi connectivity index (χ3v) is 10.4. The van der Waals surface area contributed by atoms with Gasteiger partial charge in [0.1, 0.15) is 12.3 Å². The molecule has 0 radical (unpaired) electrons. The fraction of sp³-hybridized carbons (Fsp3) is 0.438. The first kappa shape index (κ1) is 28.0. The molecule has 2 fully saturated rings. The number of phenols is 1. The zero-order valence-corrected chi connectivity index (χ0v) is 26.1. The first-order chi connectivity index (χ1) is 20.9. The summed E-state index contributed by atoms with van der Waals surface area (Å²) < 4.78 is 19.3. The van der Waals surface area contributed by atoms with Crippen molar-refractivity contribution in [3.8, 4) is 34.5 Å². The van der Waals surface area contributed by atoms with E-state index in [2.05, 4.69) is 97.5 Å². The lowest BCUT2D eigenvalue weighted by molar-refractivity contribution is 0.339. The molecular weight excluding hydrogens is 560 g/mol. The molecule has 12 heteroatoms. The van der Waals surface area contributed by atoms with Gasteiger partial charge in [-0.2, -0.15) is 22.1 Å². The Hall–Kier alpha value is -3.46. The normalized spacial score (nSPS) is 24.5. The average Bonchev–Trinajstić information content (AvgIpc) is 3.76. The van der Waals surface area contributed by atoms with Crippen LogP contribution < -0.4 is 58.1 Å². The Balaban J connectivity index is 1.32. The lowest BCUT2D eigenvalue weighted by atomic mass is 9.72. The molecule has 3 heterocycles. The van der Waals surface area contributed by atoms with E-state index in [1.807, 2.05) is 12.1 Å². The van der Waals surface area contributed by atoms with E-state index in [-0.39, 0.29) is 34.3 Å². The molecule has 2 aliphatic carbocycles. The Morgan fingerprint density at radius 2 is 1.11 bits per heavy atom. The van der Waals surface area contributed by atoms with Gasteiger partial charge >= 0.3 is 0 Å². The fourth-order valence-electron chi connectivity index (χ4n) is 8.55. The molecule has 1 atom stereocenters. The molecule has 0 saturated carbocycles. The molecule has 9 N–H and O–H groups in total. The number of hydrazine groups is 6. The van der Waals surface area contributed by atoms with Gasteiger partial charge in [0, 0.05) is 16.5 Å². The molecule has 3 aromatic carbocycles. The zero-order chi connectivity index (χ0) is 30.8. The predicted molar refractivity (Wildman–Crippen MR) is 164 cm³/mol. The largest absolute Gasteiger partial charge is 0.504 e. The molecule has 3 aromatic rings. The average molecular weight is 601 g/mol. The van der Waals surface area contributed by atoms with Crippen molar-refractivity contribution in [1.82, 2.24) is 43.8 Å². The van der Waals surface area contributed by atoms with E-state index in [4.69, 9.17) is 14.2 Å². The van der Waals surface area contributed by atoms with E-state index in [9.17, 15) is 5.11 Å². The van der Waals surface area contributed by atoms with Crippen LogP contribution in [0, 0.1) is 13.8 Å². The maximum Gasteiger partial charge on any atom is 0.177 e. The molecule has 232 valence electrons. The summed E-state index contributed by atoms with van der Waals surface area (Å²) >= 11 is 0. The van der Waals surface area contributed by atoms with E-state index in [0.29, 0.717) is 28.7 Å². The van der Waals surface area contributed by atoms with Crippen LogP contribution in [0.2, 0.25) is 0 Å². The standard InChI is InChI=1S/C32H40N8O4/c1-14-15(2)25(29-35-39-40-36-29)27-26(24(14)28-33-37-38-34-28)43-22-10-17-19(11-23(22)44-27)32(13-31(17,5)6)12-30(3,4)16-9-21(42-7)20(41)8-18(16)32/h8-11,28-29,33-41H,12-13H2,1-7H3. The first-order valence-corrected chi connectivity index (χ1v) is 15.1. The molecule has 3 aliphatic heterocycles. The van der Waals surface area contributed by atoms with Crippen molar-refractivity contribution in [2.24, 2.45) is 0 Å². The Morgan fingerprint density at radius 3 is 1.59 bits per heavy atom. The SMILES string of the molecule is COc1cc2c(cc1O)C1(CC2(C)C)CC(C)(C)c2cc3c(cc21)Oc1c(c(C2NNNN2)c(C)c(C)c1C1NNNN1)O3. The molecule has 0 aromatic heterocycles. The summed E-state index contributed by atoms with van der Waals surface area (Å²) in [5.41, 5.74) is 33.0. The number of benzene rings is 3. The van der Waals surface area contributed by atoms with Gasteiger partial charge in [0.25, 0.3) is 0 Å². The molecule has 1 unspecified atom stereocenters. The molecule has 12 nitrogen and oxygen atoms in total. The number of methoxy groups -OCH3 is 1. The highest BCUT2D eigenvalue weighted by Crippen LogP contribution is 2.66. The fourth-order valence-corrected chi connectivity index (χ4v) is 8.55. The van der Waals surface area contributed by atoms with Gasteiger partial charge in [0.05, 0.1) is 7.11 Å². The summed E-state index contributed by atoms with van der Waals surface area (Å²) in [4.78, 5) is 0. The van der Waals surface area contributed by atoms with Gasteiger partial charge in [0.15, 0.2) is 34.5 Å². The summed E-state index contributed by atoms with van der Waals surface area (Å²) in [5, 5.41) is 11.0. The maximum absolute atomic E-state index is 11.0. The van der Waals surface area contributed by atoms with Crippen LogP contribution in [-0.2, 0) is 16.2 Å². The minimum Gasteiger partial charge on any atom is -0.504 e. The number of ether oxygens (including phenoxy) is 3. The Morgan fingerprint density at radius 1 is 0.682 bits per heavy atom. The van der Waals surface area contributed by atoms with Crippen LogP contribution in [0.5, 0.6) is 34.5 Å². The summed E-state index contributed by atoms with van der Waals surface area (Å²) in [6.07, 6.45) is 1.30. The van der Waals surface area contributed by atoms with E-state index in [0.717, 1.165) is 40.7 Å². The molecule has 0 amide bonds. The van der Waals surface area contributed by atoms with Crippen molar-refractivity contribution in [1.29, 1.82) is 0 Å². The molecule has 1 spiro atoms. The lowest BCUT2D eigenvalue weighted by Gasteiger charge is -2.32. The maximum atomic E-state index is 11.0. The van der Waals surface area contributed by atoms with E-state index >= 15 is 0 Å². The van der Waals surface area contributed by atoms with Crippen LogP contribution in [0.3, 0.4) is 0 Å². The van der Waals surface area contributed by atoms with Crippen molar-refractivity contribution in [3.05, 3.63) is 68.8 Å². The van der Waals surface area contributed by atoms with Crippen molar-refractivity contribution in [3.63, 3.8) is 0 Å². The number of aromatic hydroxyl groups is 1. The van der Waals surface area contributed by atoms with Crippen molar-refractivity contribution in [2.45, 2.75) is 83.0 Å². The van der Waals surface area contributed by atoms with Crippen LogP contribution >= 0.6 is 0 Å². The van der Waals surface area contributed by atoms with Crippen molar-refractivity contribution >= 4 is 0 Å². The lowest BCUT2D eigenvalue weighted by Crippen LogP contribution is -2.33. The molecule has 2 saturated heterocycles. The van der Waals surface area contributed by atoms with Crippen LogP contribution in [0.4, 0.5) is 0 Å². The minimum absolute atomic E-state index is 0.117. The highest BCUT2D eigenvalue weighted by molar-refractivity contribution is 5.70. The van der Waals surface area contributed by atoms with Crippen LogP contribution in [0.1, 0.15) is 97.4 Å². The monoisotopic (exact) mass is 600 g/mol. The summed E-state index contributed by atoms with van der Waals surface area (Å²) in [7, 11) is 1.60. The zero-order valence-electron chi connectivity index (χ0n) is 26.1. The highest BCUT2D eigenvalue weighted by Gasteiger charge is 2.57. The molecule has 0 bridgehead atoms. The van der Waals surface area contributed by atoms with Crippen LogP contribution in [0.15, 0.2) is 24.3 Å². The molecule has 5 aliphatic rings. The Bertz CT molecular complexity index is 1730. The van der Waals surface area contributed by atoms with E-state index < -0.39 is 0 Å². The van der Waals surface area contributed by atoms with Gasteiger partial charge in [-0.3, -0.25) is 0 Å². The van der Waals surface area contributed by atoms with Crippen LogP contribution in [0.25, 0.3) is 0 Å². The Kier molecular flexibility index (Phi) is 5.92. The summed E-state index contributed by atoms with van der Waals surface area (Å²) in [6.45, 7) is 13.4. The van der Waals surface area contributed by atoms with E-state index in [1.54, 1.807) is 7.11 Å². The van der Waals surface area contributed by atoms with Gasteiger partial charge < -0.3 is 19.3 Å².